The zero-order valence-electron chi connectivity index (χ0n) is 8.33. The van der Waals surface area contributed by atoms with Gasteiger partial charge in [0.05, 0.1) is 7.11 Å². The van der Waals surface area contributed by atoms with E-state index in [9.17, 15) is 4.79 Å². The molecule has 0 radical (unpaired) electrons. The molecule has 1 aromatic rings. The lowest BCUT2D eigenvalue weighted by atomic mass is 10.0. The highest BCUT2D eigenvalue weighted by molar-refractivity contribution is 9.10. The Bertz CT molecular complexity index is 389. The van der Waals surface area contributed by atoms with Crippen molar-refractivity contribution in [1.29, 1.82) is 0 Å². The van der Waals surface area contributed by atoms with E-state index in [4.69, 9.17) is 4.74 Å². The third-order valence-electron chi connectivity index (χ3n) is 2.44. The number of benzene rings is 1. The Kier molecular flexibility index (Phi) is 2.95. The molecule has 1 aliphatic heterocycles. The molecule has 0 fully saturated rings. The van der Waals surface area contributed by atoms with Crippen LogP contribution in [0.5, 0.6) is 5.75 Å². The molecule has 0 spiro atoms. The van der Waals surface area contributed by atoms with E-state index < -0.39 is 6.10 Å². The fourth-order valence-electron chi connectivity index (χ4n) is 1.64. The van der Waals surface area contributed by atoms with Gasteiger partial charge in [-0.2, -0.15) is 0 Å². The number of halogens is 1. The molecular formula is C11H11BrO3. The molecule has 80 valence electrons. The largest absolute Gasteiger partial charge is 0.478 e. The van der Waals surface area contributed by atoms with Crippen LogP contribution in [0.15, 0.2) is 22.7 Å². The SMILES string of the molecule is COC(=O)C1CCc2ccc(Br)cc2O1. The molecule has 1 aliphatic rings. The van der Waals surface area contributed by atoms with Crippen LogP contribution in [0.2, 0.25) is 0 Å². The Morgan fingerprint density at radius 3 is 3.13 bits per heavy atom. The Hall–Kier alpha value is -1.03. The minimum Gasteiger partial charge on any atom is -0.478 e. The van der Waals surface area contributed by atoms with Crippen molar-refractivity contribution in [3.05, 3.63) is 28.2 Å². The van der Waals surface area contributed by atoms with Crippen molar-refractivity contribution in [1.82, 2.24) is 0 Å². The predicted molar refractivity (Wildman–Crippen MR) is 58.9 cm³/mol. The molecule has 1 atom stereocenters. The number of rotatable bonds is 1. The lowest BCUT2D eigenvalue weighted by Crippen LogP contribution is -2.32. The topological polar surface area (TPSA) is 35.5 Å². The zero-order chi connectivity index (χ0) is 10.8. The molecule has 15 heavy (non-hydrogen) atoms. The Morgan fingerprint density at radius 1 is 1.60 bits per heavy atom. The van der Waals surface area contributed by atoms with E-state index in [-0.39, 0.29) is 5.97 Å². The van der Waals surface area contributed by atoms with Gasteiger partial charge in [0.1, 0.15) is 5.75 Å². The standard InChI is InChI=1S/C11H11BrO3/c1-14-11(13)9-5-3-7-2-4-8(12)6-10(7)15-9/h2,4,6,9H,3,5H2,1H3. The van der Waals surface area contributed by atoms with Crippen molar-refractivity contribution < 1.29 is 14.3 Å². The first-order valence-electron chi connectivity index (χ1n) is 4.73. The third-order valence-corrected chi connectivity index (χ3v) is 2.93. The van der Waals surface area contributed by atoms with Gasteiger partial charge >= 0.3 is 5.97 Å². The summed E-state index contributed by atoms with van der Waals surface area (Å²) in [5.74, 6) is 0.464. The Labute approximate surface area is 96.5 Å². The molecule has 1 unspecified atom stereocenters. The van der Waals surface area contributed by atoms with Crippen molar-refractivity contribution in [2.24, 2.45) is 0 Å². The summed E-state index contributed by atoms with van der Waals surface area (Å²) in [4.78, 5) is 11.3. The van der Waals surface area contributed by atoms with Gasteiger partial charge in [-0.1, -0.05) is 22.0 Å². The second-order valence-electron chi connectivity index (χ2n) is 3.42. The summed E-state index contributed by atoms with van der Waals surface area (Å²) < 4.78 is 11.2. The maximum atomic E-state index is 11.3. The van der Waals surface area contributed by atoms with Crippen LogP contribution in [0.3, 0.4) is 0 Å². The molecule has 0 saturated carbocycles. The Balaban J connectivity index is 2.22. The molecule has 0 saturated heterocycles. The van der Waals surface area contributed by atoms with Crippen LogP contribution in [0.25, 0.3) is 0 Å². The van der Waals surface area contributed by atoms with E-state index in [1.54, 1.807) is 0 Å². The number of carbonyl (C=O) groups is 1. The van der Waals surface area contributed by atoms with Crippen LogP contribution >= 0.6 is 15.9 Å². The highest BCUT2D eigenvalue weighted by Gasteiger charge is 2.26. The van der Waals surface area contributed by atoms with Crippen molar-refractivity contribution in [2.45, 2.75) is 18.9 Å². The second kappa shape index (κ2) is 4.23. The lowest BCUT2D eigenvalue weighted by Gasteiger charge is -2.24. The summed E-state index contributed by atoms with van der Waals surface area (Å²) in [6, 6.07) is 5.86. The molecule has 0 aliphatic carbocycles. The highest BCUT2D eigenvalue weighted by atomic mass is 79.9. The number of ether oxygens (including phenoxy) is 2. The number of hydrogen-bond acceptors (Lipinski definition) is 3. The third kappa shape index (κ3) is 2.15. The molecule has 0 aromatic heterocycles. The summed E-state index contributed by atoms with van der Waals surface area (Å²) in [5.41, 5.74) is 1.14. The molecule has 1 aromatic carbocycles. The molecule has 0 amide bonds. The van der Waals surface area contributed by atoms with Gasteiger partial charge in [-0.05, 0) is 30.5 Å². The average Bonchev–Trinajstić information content (AvgIpc) is 2.27. The molecule has 0 bridgehead atoms. The van der Waals surface area contributed by atoms with E-state index in [0.717, 1.165) is 22.2 Å². The second-order valence-corrected chi connectivity index (χ2v) is 4.34. The monoisotopic (exact) mass is 270 g/mol. The summed E-state index contributed by atoms with van der Waals surface area (Å²) in [6.45, 7) is 0. The molecule has 3 nitrogen and oxygen atoms in total. The highest BCUT2D eigenvalue weighted by Crippen LogP contribution is 2.30. The van der Waals surface area contributed by atoms with E-state index in [2.05, 4.69) is 20.7 Å². The first kappa shape index (κ1) is 10.5. The van der Waals surface area contributed by atoms with Gasteiger partial charge in [-0.3, -0.25) is 0 Å². The number of fused-ring (bicyclic) bond motifs is 1. The normalized spacial score (nSPS) is 18.9. The van der Waals surface area contributed by atoms with Crippen molar-refractivity contribution >= 4 is 21.9 Å². The Morgan fingerprint density at radius 2 is 2.40 bits per heavy atom. The number of esters is 1. The van der Waals surface area contributed by atoms with E-state index >= 15 is 0 Å². The summed E-state index contributed by atoms with van der Waals surface area (Å²) in [6.07, 6.45) is 1.07. The quantitative estimate of drug-likeness (QED) is 0.735. The predicted octanol–water partition coefficient (Wildman–Crippen LogP) is 2.32. The van der Waals surface area contributed by atoms with Crippen LogP contribution in [-0.2, 0) is 16.0 Å². The molecule has 2 rings (SSSR count). The van der Waals surface area contributed by atoms with Gasteiger partial charge in [0.15, 0.2) is 6.10 Å². The van der Waals surface area contributed by atoms with Crippen molar-refractivity contribution in [2.75, 3.05) is 7.11 Å². The molecule has 0 N–H and O–H groups in total. The molecular weight excluding hydrogens is 260 g/mol. The first-order valence-corrected chi connectivity index (χ1v) is 5.53. The van der Waals surface area contributed by atoms with Gasteiger partial charge in [-0.25, -0.2) is 4.79 Å². The van der Waals surface area contributed by atoms with Gasteiger partial charge in [0.2, 0.25) is 0 Å². The van der Waals surface area contributed by atoms with E-state index in [1.165, 1.54) is 7.11 Å². The van der Waals surface area contributed by atoms with E-state index in [1.807, 2.05) is 18.2 Å². The fraction of sp³-hybridized carbons (Fsp3) is 0.364. The lowest BCUT2D eigenvalue weighted by molar-refractivity contribution is -0.149. The molecule has 4 heteroatoms. The van der Waals surface area contributed by atoms with Gasteiger partial charge < -0.3 is 9.47 Å². The zero-order valence-corrected chi connectivity index (χ0v) is 9.91. The van der Waals surface area contributed by atoms with E-state index in [0.29, 0.717) is 6.42 Å². The van der Waals surface area contributed by atoms with Crippen molar-refractivity contribution in [3.8, 4) is 5.75 Å². The number of carbonyl (C=O) groups excluding carboxylic acids is 1. The average molecular weight is 271 g/mol. The summed E-state index contributed by atoms with van der Waals surface area (Å²) >= 11 is 3.37. The van der Waals surface area contributed by atoms with Crippen molar-refractivity contribution in [3.63, 3.8) is 0 Å². The minimum atomic E-state index is -0.461. The number of hydrogen-bond donors (Lipinski definition) is 0. The van der Waals surface area contributed by atoms with Gasteiger partial charge in [-0.15, -0.1) is 0 Å². The minimum absolute atomic E-state index is 0.305. The van der Waals surface area contributed by atoms with Crippen LogP contribution < -0.4 is 4.74 Å². The summed E-state index contributed by atoms with van der Waals surface area (Å²) in [5, 5.41) is 0. The van der Waals surface area contributed by atoms with Crippen LogP contribution in [0.1, 0.15) is 12.0 Å². The van der Waals surface area contributed by atoms with Crippen LogP contribution in [0, 0.1) is 0 Å². The fourth-order valence-corrected chi connectivity index (χ4v) is 1.98. The van der Waals surface area contributed by atoms with Crippen LogP contribution in [-0.4, -0.2) is 19.2 Å². The van der Waals surface area contributed by atoms with Gasteiger partial charge in [0.25, 0.3) is 0 Å². The smallest absolute Gasteiger partial charge is 0.347 e. The maximum absolute atomic E-state index is 11.3. The first-order chi connectivity index (χ1) is 7.20. The number of aryl methyl sites for hydroxylation is 1. The maximum Gasteiger partial charge on any atom is 0.347 e. The van der Waals surface area contributed by atoms with Gasteiger partial charge in [0, 0.05) is 4.47 Å². The summed E-state index contributed by atoms with van der Waals surface area (Å²) in [7, 11) is 1.38. The van der Waals surface area contributed by atoms with Crippen LogP contribution in [0.4, 0.5) is 0 Å². The number of methoxy groups -OCH3 is 1. The molecule has 1 heterocycles.